The summed E-state index contributed by atoms with van der Waals surface area (Å²) in [4.78, 5) is 15.8. The fraction of sp³-hybridized carbons (Fsp3) is 0.261. The second kappa shape index (κ2) is 10.4. The van der Waals surface area contributed by atoms with Crippen LogP contribution in [0, 0.1) is 0 Å². The minimum atomic E-state index is -3.52. The maximum absolute atomic E-state index is 12.8. The van der Waals surface area contributed by atoms with E-state index in [1.165, 1.54) is 6.20 Å². The average molecular weight is 517 g/mol. The maximum atomic E-state index is 12.8. The smallest absolute Gasteiger partial charge is 0.229 e. The minimum absolute atomic E-state index is 0.170. The third kappa shape index (κ3) is 5.41. The summed E-state index contributed by atoms with van der Waals surface area (Å²) in [5, 5.41) is 9.66. The molecule has 1 aromatic heterocycles. The molecule has 184 valence electrons. The molecule has 35 heavy (non-hydrogen) atoms. The number of oxime groups is 1. The fourth-order valence-corrected chi connectivity index (χ4v) is 4.67. The first-order valence-corrected chi connectivity index (χ1v) is 12.7. The highest BCUT2D eigenvalue weighted by molar-refractivity contribution is 7.92. The zero-order valence-corrected chi connectivity index (χ0v) is 21.0. The highest BCUT2D eigenvalue weighted by atomic mass is 35.5. The van der Waals surface area contributed by atoms with Crippen molar-refractivity contribution in [3.05, 3.63) is 53.7 Å². The first-order valence-electron chi connectivity index (χ1n) is 10.8. The van der Waals surface area contributed by atoms with Crippen LogP contribution in [0.3, 0.4) is 0 Å². The lowest BCUT2D eigenvalue weighted by Gasteiger charge is -2.23. The zero-order valence-electron chi connectivity index (χ0n) is 19.4. The highest BCUT2D eigenvalue weighted by Crippen LogP contribution is 2.33. The van der Waals surface area contributed by atoms with E-state index in [-0.39, 0.29) is 21.7 Å². The lowest BCUT2D eigenvalue weighted by Crippen LogP contribution is -2.29. The molecule has 0 unspecified atom stereocenters. The van der Waals surface area contributed by atoms with E-state index in [4.69, 9.17) is 21.2 Å². The van der Waals surface area contributed by atoms with Crippen LogP contribution >= 0.6 is 11.6 Å². The molecule has 10 nitrogen and oxygen atoms in total. The highest BCUT2D eigenvalue weighted by Gasteiger charge is 2.23. The van der Waals surface area contributed by atoms with Crippen molar-refractivity contribution >= 4 is 56.6 Å². The molecule has 1 aliphatic heterocycles. The van der Waals surface area contributed by atoms with Gasteiger partial charge in [-0.15, -0.1) is 0 Å². The Morgan fingerprint density at radius 1 is 1.14 bits per heavy atom. The molecule has 0 amide bonds. The van der Waals surface area contributed by atoms with Gasteiger partial charge in [-0.2, -0.15) is 4.98 Å². The number of nitrogens with zero attached hydrogens (tertiary/aromatic N) is 4. The molecule has 0 radical (unpaired) electrons. The summed E-state index contributed by atoms with van der Waals surface area (Å²) < 4.78 is 31.1. The topological polar surface area (TPSA) is 118 Å². The van der Waals surface area contributed by atoms with Gasteiger partial charge < -0.3 is 25.1 Å². The number of nitrogens with one attached hydrogen (secondary N) is 2. The van der Waals surface area contributed by atoms with Gasteiger partial charge in [0.05, 0.1) is 41.4 Å². The number of ether oxygens (including phenoxy) is 1. The third-order valence-corrected chi connectivity index (χ3v) is 7.75. The Morgan fingerprint density at radius 2 is 1.94 bits per heavy atom. The molecule has 0 aliphatic carbocycles. The number of hydrogen-bond donors (Lipinski definition) is 2. The third-order valence-electron chi connectivity index (χ3n) is 5.26. The van der Waals surface area contributed by atoms with Crippen molar-refractivity contribution < 1.29 is 18.0 Å². The summed E-state index contributed by atoms with van der Waals surface area (Å²) >= 11 is 6.33. The predicted molar refractivity (Wildman–Crippen MR) is 137 cm³/mol. The molecule has 1 aliphatic rings. The van der Waals surface area contributed by atoms with E-state index in [0.29, 0.717) is 30.3 Å². The standard InChI is InChI=1S/C23H25ClN6O4S/c1-15(2)35(31,32)21-7-5-4-6-19(21)27-22-17(24)13-25-23(29-22)28-18-9-8-16(12-20(18)33-3)30-10-11-34-26-14-30/h4-9,12-15H,10-11H2,1-3H3,(H2,25,27,28,29). The second-order valence-corrected chi connectivity index (χ2v) is 10.7. The normalized spacial score (nSPS) is 13.5. The fourth-order valence-electron chi connectivity index (χ4n) is 3.33. The van der Waals surface area contributed by atoms with E-state index >= 15 is 0 Å². The average Bonchev–Trinajstić information content (AvgIpc) is 2.87. The lowest BCUT2D eigenvalue weighted by atomic mass is 10.2. The van der Waals surface area contributed by atoms with Gasteiger partial charge >= 0.3 is 0 Å². The summed E-state index contributed by atoms with van der Waals surface area (Å²) in [6.07, 6.45) is 3.05. The van der Waals surface area contributed by atoms with Gasteiger partial charge in [-0.3, -0.25) is 0 Å². The van der Waals surface area contributed by atoms with Crippen LogP contribution in [-0.2, 0) is 14.7 Å². The van der Waals surface area contributed by atoms with Crippen molar-refractivity contribution in [1.82, 2.24) is 9.97 Å². The number of rotatable bonds is 8. The number of sulfone groups is 1. The molecule has 12 heteroatoms. The molecule has 0 fully saturated rings. The molecular formula is C23H25ClN6O4S. The second-order valence-electron chi connectivity index (χ2n) is 7.86. The summed E-state index contributed by atoms with van der Waals surface area (Å²) in [6.45, 7) is 4.43. The molecular weight excluding hydrogens is 492 g/mol. The van der Waals surface area contributed by atoms with Gasteiger partial charge in [0, 0.05) is 11.8 Å². The molecule has 0 saturated heterocycles. The first kappa shape index (κ1) is 24.6. The van der Waals surface area contributed by atoms with Gasteiger partial charge in [-0.05, 0) is 38.1 Å². The summed E-state index contributed by atoms with van der Waals surface area (Å²) in [5.41, 5.74) is 1.90. The van der Waals surface area contributed by atoms with Gasteiger partial charge in [0.15, 0.2) is 15.7 Å². The Morgan fingerprint density at radius 3 is 2.66 bits per heavy atom. The summed E-state index contributed by atoms with van der Waals surface area (Å²) in [5.74, 6) is 1.08. The Balaban J connectivity index is 1.61. The van der Waals surface area contributed by atoms with Gasteiger partial charge in [-0.1, -0.05) is 28.9 Å². The van der Waals surface area contributed by atoms with Gasteiger partial charge in [0.2, 0.25) is 5.95 Å². The SMILES string of the molecule is COc1cc(N2C=NOCC2)ccc1Nc1ncc(Cl)c(Nc2ccccc2S(=O)(=O)C(C)C)n1. The van der Waals surface area contributed by atoms with E-state index in [1.807, 2.05) is 23.1 Å². The van der Waals surface area contributed by atoms with Crippen molar-refractivity contribution in [2.45, 2.75) is 24.0 Å². The van der Waals surface area contributed by atoms with Crippen molar-refractivity contribution in [3.63, 3.8) is 0 Å². The zero-order chi connectivity index (χ0) is 25.0. The molecule has 0 bridgehead atoms. The predicted octanol–water partition coefficient (Wildman–Crippen LogP) is 4.59. The lowest BCUT2D eigenvalue weighted by molar-refractivity contribution is 0.145. The van der Waals surface area contributed by atoms with Gasteiger partial charge in [-0.25, -0.2) is 13.4 Å². The van der Waals surface area contributed by atoms with Crippen LogP contribution in [0.2, 0.25) is 5.02 Å². The monoisotopic (exact) mass is 516 g/mol. The molecule has 0 spiro atoms. The van der Waals surface area contributed by atoms with E-state index in [2.05, 4.69) is 25.8 Å². The van der Waals surface area contributed by atoms with Crippen LogP contribution in [0.4, 0.5) is 28.8 Å². The number of aromatic nitrogens is 2. The molecule has 4 rings (SSSR count). The summed E-state index contributed by atoms with van der Waals surface area (Å²) in [7, 11) is -1.95. The van der Waals surface area contributed by atoms with Crippen LogP contribution in [0.1, 0.15) is 13.8 Å². The van der Waals surface area contributed by atoms with Crippen LogP contribution in [0.15, 0.2) is 58.7 Å². The van der Waals surface area contributed by atoms with E-state index < -0.39 is 15.1 Å². The Hall–Kier alpha value is -3.57. The van der Waals surface area contributed by atoms with Crippen LogP contribution in [0.5, 0.6) is 5.75 Å². The van der Waals surface area contributed by atoms with Crippen LogP contribution in [0.25, 0.3) is 0 Å². The van der Waals surface area contributed by atoms with Crippen molar-refractivity contribution in [2.75, 3.05) is 35.8 Å². The van der Waals surface area contributed by atoms with Crippen molar-refractivity contribution in [2.24, 2.45) is 5.16 Å². The molecule has 2 N–H and O–H groups in total. The van der Waals surface area contributed by atoms with E-state index in [1.54, 1.807) is 51.6 Å². The molecule has 2 aromatic carbocycles. The van der Waals surface area contributed by atoms with Gasteiger partial charge in [0.1, 0.15) is 23.7 Å². The number of hydrogen-bond acceptors (Lipinski definition) is 10. The van der Waals surface area contributed by atoms with Crippen molar-refractivity contribution in [1.29, 1.82) is 0 Å². The molecule has 2 heterocycles. The Kier molecular flexibility index (Phi) is 7.27. The molecule has 3 aromatic rings. The number of benzene rings is 2. The van der Waals surface area contributed by atoms with Gasteiger partial charge in [0.25, 0.3) is 0 Å². The number of para-hydroxylation sites is 1. The quantitative estimate of drug-likeness (QED) is 0.443. The van der Waals surface area contributed by atoms with Crippen molar-refractivity contribution in [3.8, 4) is 5.75 Å². The van der Waals surface area contributed by atoms with Crippen LogP contribution in [-0.4, -0.2) is 50.2 Å². The van der Waals surface area contributed by atoms with Crippen LogP contribution < -0.4 is 20.3 Å². The largest absolute Gasteiger partial charge is 0.494 e. The molecule has 0 atom stereocenters. The number of anilines is 5. The molecule has 0 saturated carbocycles. The van der Waals surface area contributed by atoms with E-state index in [9.17, 15) is 8.42 Å². The summed E-state index contributed by atoms with van der Waals surface area (Å²) in [6, 6.07) is 12.2. The first-order chi connectivity index (χ1) is 16.8. The number of methoxy groups -OCH3 is 1. The number of halogens is 1. The Labute approximate surface area is 208 Å². The van der Waals surface area contributed by atoms with E-state index in [0.717, 1.165) is 5.69 Å². The minimum Gasteiger partial charge on any atom is -0.494 e. The Bertz CT molecular complexity index is 1350. The maximum Gasteiger partial charge on any atom is 0.229 e.